The summed E-state index contributed by atoms with van der Waals surface area (Å²) in [5.74, 6) is -0.726. The number of nitrogens with two attached hydrogens (primary N) is 1. The summed E-state index contributed by atoms with van der Waals surface area (Å²) in [5.41, 5.74) is 5.72. The van der Waals surface area contributed by atoms with Crippen LogP contribution in [0.5, 0.6) is 0 Å². The Kier molecular flexibility index (Phi) is 18.2. The minimum absolute atomic E-state index is 0. The zero-order valence-corrected chi connectivity index (χ0v) is 19.3. The molecule has 0 heterocycles. The molecule has 0 atom stereocenters. The van der Waals surface area contributed by atoms with Gasteiger partial charge in [-0.1, -0.05) is 82.6 Å². The standard InChI is InChI=1S/C24H39NO4S.Na.H/c1-2-3-4-5-6-7-8-9-10-11-12-13-14-15-16-21-24(26)29-30(27,28)23-20-18-17-19-22(23)25;;/h9-10,17-20H,2-8,11-16,21,25H2,1H3;;/b10-9-;;. The molecule has 0 bridgehead atoms. The Morgan fingerprint density at radius 1 is 0.871 bits per heavy atom. The van der Waals surface area contributed by atoms with Crippen molar-refractivity contribution in [3.63, 3.8) is 0 Å². The van der Waals surface area contributed by atoms with E-state index >= 15 is 0 Å². The van der Waals surface area contributed by atoms with Crippen LogP contribution < -0.4 is 5.73 Å². The summed E-state index contributed by atoms with van der Waals surface area (Å²) in [6.07, 6.45) is 19.8. The topological polar surface area (TPSA) is 86.5 Å². The first-order chi connectivity index (χ1) is 14.5. The second-order valence-electron chi connectivity index (χ2n) is 7.78. The molecule has 172 valence electrons. The van der Waals surface area contributed by atoms with Gasteiger partial charge in [0.2, 0.25) is 0 Å². The zero-order valence-electron chi connectivity index (χ0n) is 18.5. The Bertz CT molecular complexity index is 735. The van der Waals surface area contributed by atoms with Gasteiger partial charge in [-0.15, -0.1) is 0 Å². The molecule has 0 aromatic heterocycles. The van der Waals surface area contributed by atoms with E-state index in [2.05, 4.69) is 23.3 Å². The molecule has 0 aliphatic carbocycles. The van der Waals surface area contributed by atoms with Crippen molar-refractivity contribution < 1.29 is 17.4 Å². The molecule has 1 aromatic carbocycles. The number of hydrogen-bond donors (Lipinski definition) is 1. The van der Waals surface area contributed by atoms with E-state index in [0.29, 0.717) is 6.42 Å². The van der Waals surface area contributed by atoms with Gasteiger partial charge >= 0.3 is 45.6 Å². The summed E-state index contributed by atoms with van der Waals surface area (Å²) in [7, 11) is -4.14. The first-order valence-corrected chi connectivity index (χ1v) is 12.8. The number of hydrogen-bond acceptors (Lipinski definition) is 5. The molecular weight excluding hydrogens is 421 g/mol. The summed E-state index contributed by atoms with van der Waals surface area (Å²) >= 11 is 0. The average molecular weight is 462 g/mol. The molecule has 2 N–H and O–H groups in total. The van der Waals surface area contributed by atoms with Gasteiger partial charge in [0.1, 0.15) is 4.90 Å². The number of anilines is 1. The number of unbranched alkanes of at least 4 members (excludes halogenated alkanes) is 11. The molecule has 1 rings (SSSR count). The van der Waals surface area contributed by atoms with Crippen molar-refractivity contribution in [2.75, 3.05) is 5.73 Å². The molecule has 0 saturated carbocycles. The summed E-state index contributed by atoms with van der Waals surface area (Å²) < 4.78 is 28.9. The van der Waals surface area contributed by atoms with Gasteiger partial charge in [0, 0.05) is 6.42 Å². The van der Waals surface area contributed by atoms with Crippen LogP contribution in [0.25, 0.3) is 0 Å². The molecule has 0 spiro atoms. The number of benzene rings is 1. The molecule has 5 nitrogen and oxygen atoms in total. The van der Waals surface area contributed by atoms with Gasteiger partial charge in [0.25, 0.3) is 0 Å². The molecule has 1 aromatic rings. The summed E-state index contributed by atoms with van der Waals surface area (Å²) in [5, 5.41) is 0. The number of carbonyl (C=O) groups excluding carboxylic acids is 1. The first kappa shape index (κ1) is 30.2. The molecule has 31 heavy (non-hydrogen) atoms. The van der Waals surface area contributed by atoms with Crippen LogP contribution in [0.1, 0.15) is 96.8 Å². The molecule has 0 unspecified atom stereocenters. The van der Waals surface area contributed by atoms with Crippen molar-refractivity contribution >= 4 is 51.3 Å². The predicted octanol–water partition coefficient (Wildman–Crippen LogP) is 5.89. The number of rotatable bonds is 17. The third-order valence-electron chi connectivity index (χ3n) is 5.03. The van der Waals surface area contributed by atoms with Crippen LogP contribution in [-0.4, -0.2) is 43.9 Å². The Hall–Kier alpha value is -0.820. The quantitative estimate of drug-likeness (QED) is 0.103. The molecule has 7 heteroatoms. The van der Waals surface area contributed by atoms with Crippen LogP contribution in [0.2, 0.25) is 0 Å². The Morgan fingerprint density at radius 3 is 1.97 bits per heavy atom. The summed E-state index contributed by atoms with van der Waals surface area (Å²) in [6.45, 7) is 2.24. The van der Waals surface area contributed by atoms with Crippen LogP contribution in [0.15, 0.2) is 41.3 Å². The van der Waals surface area contributed by atoms with Gasteiger partial charge in [-0.2, -0.15) is 8.42 Å². The minimum atomic E-state index is -4.14. The summed E-state index contributed by atoms with van der Waals surface area (Å²) in [6, 6.07) is 5.97. The Balaban J connectivity index is 0.00000900. The van der Waals surface area contributed by atoms with Gasteiger partial charge < -0.3 is 9.92 Å². The van der Waals surface area contributed by atoms with Crippen LogP contribution >= 0.6 is 0 Å². The van der Waals surface area contributed by atoms with Crippen molar-refractivity contribution in [2.24, 2.45) is 0 Å². The normalized spacial score (nSPS) is 11.4. The van der Waals surface area contributed by atoms with E-state index < -0.39 is 16.1 Å². The third kappa shape index (κ3) is 14.8. The van der Waals surface area contributed by atoms with Gasteiger partial charge in [0.15, 0.2) is 0 Å². The molecule has 0 aliphatic rings. The van der Waals surface area contributed by atoms with Crippen molar-refractivity contribution in [1.29, 1.82) is 0 Å². The van der Waals surface area contributed by atoms with E-state index in [1.54, 1.807) is 12.1 Å². The van der Waals surface area contributed by atoms with Crippen LogP contribution in [0.3, 0.4) is 0 Å². The van der Waals surface area contributed by atoms with E-state index in [4.69, 9.17) is 5.73 Å². The maximum absolute atomic E-state index is 12.1. The Labute approximate surface area is 211 Å². The summed E-state index contributed by atoms with van der Waals surface area (Å²) in [4.78, 5) is 11.7. The van der Waals surface area contributed by atoms with Crippen molar-refractivity contribution in [2.45, 2.75) is 102 Å². The van der Waals surface area contributed by atoms with Crippen molar-refractivity contribution in [3.8, 4) is 0 Å². The molecule has 0 radical (unpaired) electrons. The van der Waals surface area contributed by atoms with E-state index in [0.717, 1.165) is 32.1 Å². The fraction of sp³-hybridized carbons (Fsp3) is 0.625. The van der Waals surface area contributed by atoms with Crippen molar-refractivity contribution in [3.05, 3.63) is 36.4 Å². The number of nitrogen functional groups attached to an aromatic ring is 1. The molecule has 0 saturated heterocycles. The van der Waals surface area contributed by atoms with Crippen LogP contribution in [0, 0.1) is 0 Å². The maximum atomic E-state index is 12.1. The molecule has 0 aliphatic heterocycles. The van der Waals surface area contributed by atoms with Gasteiger partial charge in [-0.05, 0) is 44.2 Å². The number of carbonyl (C=O) groups is 1. The molecule has 0 amide bonds. The van der Waals surface area contributed by atoms with Gasteiger partial charge in [-0.25, -0.2) is 0 Å². The van der Waals surface area contributed by atoms with Gasteiger partial charge in [0.05, 0.1) is 5.69 Å². The van der Waals surface area contributed by atoms with E-state index in [1.165, 1.54) is 57.1 Å². The van der Waals surface area contributed by atoms with Crippen molar-refractivity contribution in [1.82, 2.24) is 0 Å². The van der Waals surface area contributed by atoms with Gasteiger partial charge in [-0.3, -0.25) is 4.79 Å². The number of allylic oxidation sites excluding steroid dienone is 2. The monoisotopic (exact) mass is 461 g/mol. The predicted molar refractivity (Wildman–Crippen MR) is 131 cm³/mol. The SMILES string of the molecule is CCCCCCCC/C=C\CCCCCCCC(=O)OS(=O)(=O)c1ccccc1N.[NaH]. The second-order valence-corrected chi connectivity index (χ2v) is 9.30. The first-order valence-electron chi connectivity index (χ1n) is 11.4. The Morgan fingerprint density at radius 2 is 1.39 bits per heavy atom. The second kappa shape index (κ2) is 18.7. The molecule has 0 fully saturated rings. The van der Waals surface area contributed by atoms with E-state index in [-0.39, 0.29) is 46.6 Å². The third-order valence-corrected chi connectivity index (χ3v) is 6.35. The zero-order chi connectivity index (χ0) is 22.1. The van der Waals surface area contributed by atoms with E-state index in [1.807, 2.05) is 0 Å². The van der Waals surface area contributed by atoms with Crippen LogP contribution in [-0.2, 0) is 19.1 Å². The fourth-order valence-electron chi connectivity index (χ4n) is 3.26. The van der Waals surface area contributed by atoms with Crippen LogP contribution in [0.4, 0.5) is 5.69 Å². The van der Waals surface area contributed by atoms with E-state index in [9.17, 15) is 13.2 Å². The fourth-order valence-corrected chi connectivity index (χ4v) is 4.28. The number of para-hydroxylation sites is 1. The molecular formula is C24H40NNaO4S. The average Bonchev–Trinajstić information content (AvgIpc) is 2.70.